The summed E-state index contributed by atoms with van der Waals surface area (Å²) in [5.74, 6) is -1.04. The van der Waals surface area contributed by atoms with Crippen LogP contribution in [-0.2, 0) is 0 Å². The van der Waals surface area contributed by atoms with Gasteiger partial charge in [0, 0.05) is 10.9 Å². The summed E-state index contributed by atoms with van der Waals surface area (Å²) in [6.07, 6.45) is 0. The van der Waals surface area contributed by atoms with Crippen LogP contribution in [0.3, 0.4) is 0 Å². The van der Waals surface area contributed by atoms with Crippen LogP contribution in [0.25, 0.3) is 0 Å². The van der Waals surface area contributed by atoms with Crippen LogP contribution in [0.2, 0.25) is 5.02 Å². The van der Waals surface area contributed by atoms with Gasteiger partial charge < -0.3 is 5.11 Å². The fourth-order valence-corrected chi connectivity index (χ4v) is 2.90. The molecule has 106 valence electrons. The van der Waals surface area contributed by atoms with E-state index >= 15 is 0 Å². The molecule has 0 bridgehead atoms. The van der Waals surface area contributed by atoms with E-state index in [0.717, 1.165) is 0 Å². The number of nitrogens with one attached hydrogen (secondary N) is 1. The lowest BCUT2D eigenvalue weighted by Crippen LogP contribution is -2.19. The van der Waals surface area contributed by atoms with E-state index in [4.69, 9.17) is 16.7 Å². The summed E-state index contributed by atoms with van der Waals surface area (Å²) in [5.41, 5.74) is -0.177. The van der Waals surface area contributed by atoms with Crippen LogP contribution in [0.1, 0.15) is 30.2 Å². The zero-order valence-corrected chi connectivity index (χ0v) is 12.3. The number of halogens is 1. The van der Waals surface area contributed by atoms with E-state index in [-0.39, 0.29) is 17.3 Å². The van der Waals surface area contributed by atoms with Crippen molar-refractivity contribution >= 4 is 29.3 Å². The molecule has 1 heterocycles. The van der Waals surface area contributed by atoms with Gasteiger partial charge in [-0.2, -0.15) is 0 Å². The highest BCUT2D eigenvalue weighted by atomic mass is 35.5. The van der Waals surface area contributed by atoms with Crippen LogP contribution >= 0.6 is 23.4 Å². The Morgan fingerprint density at radius 1 is 1.50 bits per heavy atom. The fraction of sp³-hybridized carbons (Fsp3) is 0.250. The van der Waals surface area contributed by atoms with Crippen LogP contribution in [0, 0.1) is 0 Å². The number of H-pyrrole nitrogens is 1. The molecule has 20 heavy (non-hydrogen) atoms. The topological polar surface area (TPSA) is 88.0 Å². The van der Waals surface area contributed by atoms with Gasteiger partial charge in [-0.05, 0) is 43.8 Å². The van der Waals surface area contributed by atoms with Crippen LogP contribution in [0.5, 0.6) is 0 Å². The summed E-state index contributed by atoms with van der Waals surface area (Å²) in [7, 11) is 0. The molecule has 2 aromatic rings. The largest absolute Gasteiger partial charge is 0.478 e. The minimum atomic E-state index is -1.04. The Balaban J connectivity index is 2.36. The predicted molar refractivity (Wildman–Crippen MR) is 75.8 cm³/mol. The molecule has 1 aromatic heterocycles. The van der Waals surface area contributed by atoms with Gasteiger partial charge in [0.05, 0.1) is 10.6 Å². The van der Waals surface area contributed by atoms with E-state index in [1.165, 1.54) is 28.5 Å². The van der Waals surface area contributed by atoms with Crippen LogP contribution in [-0.4, -0.2) is 25.8 Å². The molecule has 2 N–H and O–H groups in total. The van der Waals surface area contributed by atoms with Gasteiger partial charge in [-0.3, -0.25) is 4.57 Å². The number of aromatic amines is 1. The number of hydrogen-bond acceptors (Lipinski definition) is 4. The Hall–Kier alpha value is -1.73. The van der Waals surface area contributed by atoms with Gasteiger partial charge >= 0.3 is 11.7 Å². The number of hydrogen-bond donors (Lipinski definition) is 2. The molecule has 0 radical (unpaired) electrons. The first-order valence-electron chi connectivity index (χ1n) is 5.77. The molecule has 0 saturated carbocycles. The number of aromatic carboxylic acids is 1. The summed E-state index contributed by atoms with van der Waals surface area (Å²) in [5, 5.41) is 16.0. The number of carboxylic acids is 1. The molecular weight excluding hydrogens is 302 g/mol. The maximum absolute atomic E-state index is 11.6. The number of aromatic nitrogens is 3. The third kappa shape index (κ3) is 2.88. The van der Waals surface area contributed by atoms with E-state index < -0.39 is 5.97 Å². The molecule has 0 fully saturated rings. The quantitative estimate of drug-likeness (QED) is 0.906. The molecule has 1 aromatic carbocycles. The second-order valence-corrected chi connectivity index (χ2v) is 5.74. The second kappa shape index (κ2) is 5.72. The SMILES string of the molecule is CC(C)n1c(Sc2ccc(C(=O)O)cc2Cl)n[nH]c1=O. The van der Waals surface area contributed by atoms with Crippen LogP contribution < -0.4 is 5.69 Å². The molecule has 0 unspecified atom stereocenters. The van der Waals surface area contributed by atoms with Gasteiger partial charge in [-0.15, -0.1) is 5.10 Å². The molecule has 2 rings (SSSR count). The maximum Gasteiger partial charge on any atom is 0.344 e. The van der Waals surface area contributed by atoms with E-state index in [2.05, 4.69) is 10.2 Å². The molecule has 0 aliphatic carbocycles. The molecule has 0 amide bonds. The fourth-order valence-electron chi connectivity index (χ4n) is 1.63. The number of carbonyl (C=O) groups is 1. The van der Waals surface area contributed by atoms with Crippen molar-refractivity contribution < 1.29 is 9.90 Å². The summed E-state index contributed by atoms with van der Waals surface area (Å²) < 4.78 is 1.51. The monoisotopic (exact) mass is 313 g/mol. The smallest absolute Gasteiger partial charge is 0.344 e. The van der Waals surface area contributed by atoms with Crippen molar-refractivity contribution in [2.75, 3.05) is 0 Å². The Morgan fingerprint density at radius 2 is 2.20 bits per heavy atom. The summed E-state index contributed by atoms with van der Waals surface area (Å²) in [4.78, 5) is 23.1. The first-order chi connectivity index (χ1) is 9.40. The molecule has 0 aliphatic heterocycles. The van der Waals surface area contributed by atoms with Crippen molar-refractivity contribution in [1.82, 2.24) is 14.8 Å². The first kappa shape index (κ1) is 14.7. The van der Waals surface area contributed by atoms with Gasteiger partial charge in [0.2, 0.25) is 0 Å². The molecule has 0 saturated heterocycles. The predicted octanol–water partition coefficient (Wildman–Crippen LogP) is 2.66. The number of benzene rings is 1. The highest BCUT2D eigenvalue weighted by molar-refractivity contribution is 7.99. The lowest BCUT2D eigenvalue weighted by Gasteiger charge is -2.09. The number of rotatable bonds is 4. The zero-order chi connectivity index (χ0) is 14.9. The van der Waals surface area contributed by atoms with Crippen molar-refractivity contribution in [3.05, 3.63) is 39.3 Å². The Morgan fingerprint density at radius 3 is 2.75 bits per heavy atom. The number of nitrogens with zero attached hydrogens (tertiary/aromatic N) is 2. The molecule has 0 aliphatic rings. The zero-order valence-electron chi connectivity index (χ0n) is 10.8. The van der Waals surface area contributed by atoms with Crippen molar-refractivity contribution in [2.45, 2.75) is 29.9 Å². The van der Waals surface area contributed by atoms with E-state index in [9.17, 15) is 9.59 Å². The third-order valence-electron chi connectivity index (χ3n) is 2.57. The normalized spacial score (nSPS) is 11.0. The van der Waals surface area contributed by atoms with E-state index in [0.29, 0.717) is 15.1 Å². The average molecular weight is 314 g/mol. The van der Waals surface area contributed by atoms with Gasteiger partial charge in [-0.1, -0.05) is 11.6 Å². The second-order valence-electron chi connectivity index (χ2n) is 4.33. The summed E-state index contributed by atoms with van der Waals surface area (Å²) in [6.45, 7) is 3.74. The van der Waals surface area contributed by atoms with Crippen LogP contribution in [0.4, 0.5) is 0 Å². The standard InChI is InChI=1S/C12H12ClN3O3S/c1-6(2)16-11(19)14-15-12(16)20-9-4-3-7(10(17)18)5-8(9)13/h3-6H,1-2H3,(H,14,19)(H,17,18). The van der Waals surface area contributed by atoms with Gasteiger partial charge in [0.25, 0.3) is 0 Å². The van der Waals surface area contributed by atoms with Gasteiger partial charge in [0.15, 0.2) is 5.16 Å². The van der Waals surface area contributed by atoms with Crippen molar-refractivity contribution in [3.63, 3.8) is 0 Å². The van der Waals surface area contributed by atoms with Crippen molar-refractivity contribution in [1.29, 1.82) is 0 Å². The Bertz CT molecular complexity index is 708. The summed E-state index contributed by atoms with van der Waals surface area (Å²) in [6, 6.07) is 4.39. The highest BCUT2D eigenvalue weighted by Crippen LogP contribution is 2.33. The van der Waals surface area contributed by atoms with Crippen molar-refractivity contribution in [3.8, 4) is 0 Å². The molecule has 0 spiro atoms. The van der Waals surface area contributed by atoms with Gasteiger partial charge in [0.1, 0.15) is 0 Å². The minimum absolute atomic E-state index is 0.0409. The lowest BCUT2D eigenvalue weighted by atomic mass is 10.2. The molecule has 0 atom stereocenters. The van der Waals surface area contributed by atoms with Gasteiger partial charge in [-0.25, -0.2) is 14.7 Å². The minimum Gasteiger partial charge on any atom is -0.478 e. The highest BCUT2D eigenvalue weighted by Gasteiger charge is 2.15. The first-order valence-corrected chi connectivity index (χ1v) is 6.97. The average Bonchev–Trinajstić information content (AvgIpc) is 2.72. The Labute approximate surface area is 123 Å². The third-order valence-corrected chi connectivity index (χ3v) is 4.04. The molecule has 8 heteroatoms. The van der Waals surface area contributed by atoms with E-state index in [1.54, 1.807) is 6.07 Å². The lowest BCUT2D eigenvalue weighted by molar-refractivity contribution is 0.0697. The van der Waals surface area contributed by atoms with Crippen LogP contribution in [0.15, 0.2) is 33.0 Å². The number of carboxylic acid groups (broad SMARTS) is 1. The Kier molecular flexibility index (Phi) is 4.20. The maximum atomic E-state index is 11.6. The molecule has 6 nitrogen and oxygen atoms in total. The van der Waals surface area contributed by atoms with Crippen molar-refractivity contribution in [2.24, 2.45) is 0 Å². The summed E-state index contributed by atoms with van der Waals surface area (Å²) >= 11 is 7.26. The van der Waals surface area contributed by atoms with E-state index in [1.807, 2.05) is 13.8 Å². The molecular formula is C12H12ClN3O3S.